The topological polar surface area (TPSA) is 75.5 Å². The molecule has 0 aliphatic heterocycles. The summed E-state index contributed by atoms with van der Waals surface area (Å²) in [6.07, 6.45) is 1.82. The highest BCUT2D eigenvalue weighted by Gasteiger charge is 2.18. The molecular formula is C23H15FN4O2S2. The zero-order valence-corrected chi connectivity index (χ0v) is 18.0. The van der Waals surface area contributed by atoms with Gasteiger partial charge in [-0.3, -0.25) is 14.0 Å². The van der Waals surface area contributed by atoms with Crippen LogP contribution >= 0.6 is 22.7 Å². The molecule has 0 aliphatic rings. The highest BCUT2D eigenvalue weighted by Crippen LogP contribution is 2.31. The monoisotopic (exact) mass is 462 g/mol. The molecule has 0 saturated carbocycles. The van der Waals surface area contributed by atoms with Crippen LogP contribution in [-0.2, 0) is 0 Å². The van der Waals surface area contributed by atoms with Crippen molar-refractivity contribution in [3.8, 4) is 11.3 Å². The molecular weight excluding hydrogens is 447 g/mol. The van der Waals surface area contributed by atoms with Crippen LogP contribution in [0.3, 0.4) is 0 Å². The Morgan fingerprint density at radius 3 is 2.38 bits per heavy atom. The number of rotatable bonds is 5. The first-order valence-electron chi connectivity index (χ1n) is 9.56. The van der Waals surface area contributed by atoms with Gasteiger partial charge in [0.05, 0.1) is 4.88 Å². The third-order valence-electron chi connectivity index (χ3n) is 4.76. The van der Waals surface area contributed by atoms with Crippen LogP contribution in [0, 0.1) is 5.82 Å². The minimum atomic E-state index is -0.341. The van der Waals surface area contributed by atoms with E-state index in [2.05, 4.69) is 15.6 Å². The number of carbonyl (C=O) groups is 2. The first-order chi connectivity index (χ1) is 15.6. The second kappa shape index (κ2) is 8.37. The molecule has 2 amide bonds. The van der Waals surface area contributed by atoms with Gasteiger partial charge in [-0.05, 0) is 60.0 Å². The lowest BCUT2D eigenvalue weighted by Crippen LogP contribution is -2.14. The summed E-state index contributed by atoms with van der Waals surface area (Å²) in [5.74, 6) is -0.350. The number of hydrogen-bond acceptors (Lipinski definition) is 5. The van der Waals surface area contributed by atoms with Crippen molar-refractivity contribution in [2.45, 2.75) is 0 Å². The van der Waals surface area contributed by atoms with E-state index in [1.54, 1.807) is 46.9 Å². The highest BCUT2D eigenvalue weighted by molar-refractivity contribution is 7.15. The number of halogens is 1. The van der Waals surface area contributed by atoms with Crippen molar-refractivity contribution < 1.29 is 14.0 Å². The van der Waals surface area contributed by atoms with Gasteiger partial charge >= 0.3 is 0 Å². The molecule has 0 aliphatic carbocycles. The molecule has 0 bridgehead atoms. The summed E-state index contributed by atoms with van der Waals surface area (Å²) in [5.41, 5.74) is 2.28. The van der Waals surface area contributed by atoms with Crippen molar-refractivity contribution in [2.24, 2.45) is 0 Å². The number of nitrogens with one attached hydrogen (secondary N) is 2. The van der Waals surface area contributed by atoms with E-state index in [0.29, 0.717) is 38.2 Å². The summed E-state index contributed by atoms with van der Waals surface area (Å²) in [6.45, 7) is 0. The van der Waals surface area contributed by atoms with E-state index < -0.39 is 0 Å². The third kappa shape index (κ3) is 3.91. The maximum Gasteiger partial charge on any atom is 0.265 e. The maximum atomic E-state index is 13.4. The van der Waals surface area contributed by atoms with Crippen LogP contribution in [0.4, 0.5) is 15.9 Å². The quantitative estimate of drug-likeness (QED) is 0.348. The molecule has 3 heterocycles. The number of anilines is 2. The summed E-state index contributed by atoms with van der Waals surface area (Å²) in [5, 5.41) is 9.44. The Labute approximate surface area is 190 Å². The van der Waals surface area contributed by atoms with Gasteiger partial charge in [-0.15, -0.1) is 22.7 Å². The number of fused-ring (bicyclic) bond motifs is 1. The summed E-state index contributed by atoms with van der Waals surface area (Å²) in [7, 11) is 0. The zero-order valence-electron chi connectivity index (χ0n) is 16.4. The Morgan fingerprint density at radius 2 is 1.66 bits per heavy atom. The van der Waals surface area contributed by atoms with Gasteiger partial charge in [0.15, 0.2) is 4.96 Å². The van der Waals surface area contributed by atoms with E-state index in [0.717, 1.165) is 0 Å². The fourth-order valence-corrected chi connectivity index (χ4v) is 4.53. The van der Waals surface area contributed by atoms with Crippen molar-refractivity contribution in [3.63, 3.8) is 0 Å². The number of nitrogens with zero attached hydrogens (tertiary/aromatic N) is 2. The van der Waals surface area contributed by atoms with Crippen molar-refractivity contribution in [1.29, 1.82) is 0 Å². The predicted molar refractivity (Wildman–Crippen MR) is 125 cm³/mol. The third-order valence-corrected chi connectivity index (χ3v) is 6.39. The number of hydrogen-bond donors (Lipinski definition) is 2. The molecule has 0 unspecified atom stereocenters. The Bertz CT molecular complexity index is 1410. The first-order valence-corrected chi connectivity index (χ1v) is 11.3. The largest absolute Gasteiger partial charge is 0.321 e. The summed E-state index contributed by atoms with van der Waals surface area (Å²) >= 11 is 2.79. The van der Waals surface area contributed by atoms with E-state index in [4.69, 9.17) is 0 Å². The standard InChI is InChI=1S/C23H15FN4O2S2/c24-16-7-3-14(4-8-16)19-20(28-11-13-32-23(28)26-19)27-21(29)15-5-9-17(10-6-15)25-22(30)18-2-1-12-31-18/h1-13H,(H,25,30)(H,27,29). The van der Waals surface area contributed by atoms with Crippen LogP contribution in [0.1, 0.15) is 20.0 Å². The summed E-state index contributed by atoms with van der Waals surface area (Å²) in [6, 6.07) is 16.2. The number of benzene rings is 2. The van der Waals surface area contributed by atoms with Gasteiger partial charge in [-0.1, -0.05) is 6.07 Å². The Hall–Kier alpha value is -3.82. The second-order valence-corrected chi connectivity index (χ2v) is 8.66. The molecule has 158 valence electrons. The lowest BCUT2D eigenvalue weighted by molar-refractivity contribution is 0.102. The average molecular weight is 463 g/mol. The molecule has 32 heavy (non-hydrogen) atoms. The molecule has 0 saturated heterocycles. The number of amides is 2. The van der Waals surface area contributed by atoms with Gasteiger partial charge in [-0.25, -0.2) is 9.37 Å². The minimum Gasteiger partial charge on any atom is -0.321 e. The lowest BCUT2D eigenvalue weighted by atomic mass is 10.1. The highest BCUT2D eigenvalue weighted by atomic mass is 32.1. The first kappa shape index (κ1) is 20.1. The van der Waals surface area contributed by atoms with E-state index in [1.807, 2.05) is 23.0 Å². The normalized spacial score (nSPS) is 10.9. The van der Waals surface area contributed by atoms with Gasteiger partial charge in [0.2, 0.25) is 0 Å². The van der Waals surface area contributed by atoms with Crippen LogP contribution in [0.15, 0.2) is 77.6 Å². The van der Waals surface area contributed by atoms with Gasteiger partial charge in [-0.2, -0.15) is 0 Å². The van der Waals surface area contributed by atoms with Crippen molar-refractivity contribution >= 4 is 51.0 Å². The van der Waals surface area contributed by atoms with E-state index in [9.17, 15) is 14.0 Å². The molecule has 0 radical (unpaired) electrons. The molecule has 9 heteroatoms. The Morgan fingerprint density at radius 1 is 0.875 bits per heavy atom. The smallest absolute Gasteiger partial charge is 0.265 e. The van der Waals surface area contributed by atoms with E-state index in [1.165, 1.54) is 34.8 Å². The van der Waals surface area contributed by atoms with Gasteiger partial charge in [0, 0.05) is 28.4 Å². The number of thiophene rings is 1. The predicted octanol–water partition coefficient (Wildman–Crippen LogP) is 5.77. The molecule has 0 fully saturated rings. The fourth-order valence-electron chi connectivity index (χ4n) is 3.20. The fraction of sp³-hybridized carbons (Fsp3) is 0. The van der Waals surface area contributed by atoms with Crippen molar-refractivity contribution in [2.75, 3.05) is 10.6 Å². The van der Waals surface area contributed by atoms with E-state index in [-0.39, 0.29) is 17.6 Å². The van der Waals surface area contributed by atoms with Crippen molar-refractivity contribution in [1.82, 2.24) is 9.38 Å². The molecule has 2 aromatic carbocycles. The van der Waals surface area contributed by atoms with Crippen LogP contribution in [0.25, 0.3) is 16.2 Å². The molecule has 5 aromatic rings. The Balaban J connectivity index is 1.38. The number of thiazole rings is 1. The van der Waals surface area contributed by atoms with Crippen LogP contribution < -0.4 is 10.6 Å². The van der Waals surface area contributed by atoms with Crippen LogP contribution in [0.5, 0.6) is 0 Å². The van der Waals surface area contributed by atoms with Gasteiger partial charge < -0.3 is 10.6 Å². The molecule has 0 atom stereocenters. The second-order valence-electron chi connectivity index (χ2n) is 6.83. The lowest BCUT2D eigenvalue weighted by Gasteiger charge is -2.09. The number of imidazole rings is 1. The number of carbonyl (C=O) groups excluding carboxylic acids is 2. The van der Waals surface area contributed by atoms with E-state index >= 15 is 0 Å². The van der Waals surface area contributed by atoms with Gasteiger partial charge in [0.1, 0.15) is 17.3 Å². The SMILES string of the molecule is O=C(Nc1c(-c2ccc(F)cc2)nc2sccn12)c1ccc(NC(=O)c2cccs2)cc1. The average Bonchev–Trinajstić information content (AvgIpc) is 3.54. The molecule has 5 rings (SSSR count). The molecule has 2 N–H and O–H groups in total. The Kier molecular flexibility index (Phi) is 5.26. The summed E-state index contributed by atoms with van der Waals surface area (Å²) in [4.78, 5) is 31.0. The number of aromatic nitrogens is 2. The summed E-state index contributed by atoms with van der Waals surface area (Å²) < 4.78 is 15.1. The van der Waals surface area contributed by atoms with Crippen LogP contribution in [0.2, 0.25) is 0 Å². The van der Waals surface area contributed by atoms with Crippen molar-refractivity contribution in [3.05, 3.63) is 93.9 Å². The molecule has 3 aromatic heterocycles. The maximum absolute atomic E-state index is 13.4. The van der Waals surface area contributed by atoms with Crippen LogP contribution in [-0.4, -0.2) is 21.2 Å². The van der Waals surface area contributed by atoms with Gasteiger partial charge in [0.25, 0.3) is 11.8 Å². The molecule has 0 spiro atoms. The zero-order chi connectivity index (χ0) is 22.1. The molecule has 6 nitrogen and oxygen atoms in total. The minimum absolute atomic E-state index is 0.194.